The Balaban J connectivity index is 1.80. The zero-order valence-corrected chi connectivity index (χ0v) is 19.0. The van der Waals surface area contributed by atoms with Crippen LogP contribution in [0.4, 0.5) is 10.1 Å². The summed E-state index contributed by atoms with van der Waals surface area (Å²) in [6.45, 7) is 4.55. The largest absolute Gasteiger partial charge is 0.364 e. The average Bonchev–Trinajstić information content (AvgIpc) is 2.72. The molecule has 2 aromatic rings. The van der Waals surface area contributed by atoms with E-state index in [0.29, 0.717) is 0 Å². The number of halogens is 1. The van der Waals surface area contributed by atoms with Crippen LogP contribution in [0.15, 0.2) is 53.9 Å². The monoisotopic (exact) mass is 444 g/mol. The minimum atomic E-state index is -3.29. The van der Waals surface area contributed by atoms with Crippen LogP contribution in [0.25, 0.3) is 0 Å². The Bertz CT molecular complexity index is 1080. The lowest BCUT2D eigenvalue weighted by Crippen LogP contribution is -2.34. The van der Waals surface area contributed by atoms with Crippen LogP contribution in [0.1, 0.15) is 53.7 Å². The normalized spacial score (nSPS) is 18.2. The molecule has 1 heterocycles. The SMILES string of the molecule is Cc1ccccc1[C@H]1CCCCN1c1ccc(C(=O)N[C@H](C)/C=C/S(C)(=O)=O)c(F)c1. The molecule has 1 amide bonds. The number of amides is 1. The second kappa shape index (κ2) is 9.64. The molecule has 1 fully saturated rings. The summed E-state index contributed by atoms with van der Waals surface area (Å²) in [5.41, 5.74) is 3.16. The predicted octanol–water partition coefficient (Wildman–Crippen LogP) is 4.54. The Kier molecular flexibility index (Phi) is 7.15. The molecule has 0 radical (unpaired) electrons. The maximum Gasteiger partial charge on any atom is 0.254 e. The summed E-state index contributed by atoms with van der Waals surface area (Å²) >= 11 is 0. The van der Waals surface area contributed by atoms with E-state index in [0.717, 1.165) is 43.2 Å². The van der Waals surface area contributed by atoms with Gasteiger partial charge in [-0.05, 0) is 62.4 Å². The Morgan fingerprint density at radius 1 is 1.23 bits per heavy atom. The third kappa shape index (κ3) is 5.94. The third-order valence-corrected chi connectivity index (χ3v) is 6.20. The molecule has 31 heavy (non-hydrogen) atoms. The number of nitrogens with one attached hydrogen (secondary N) is 1. The van der Waals surface area contributed by atoms with Crippen molar-refractivity contribution in [2.45, 2.75) is 45.2 Å². The molecule has 0 aliphatic carbocycles. The van der Waals surface area contributed by atoms with Gasteiger partial charge in [0.15, 0.2) is 9.84 Å². The molecule has 1 aliphatic heterocycles. The van der Waals surface area contributed by atoms with Crippen LogP contribution >= 0.6 is 0 Å². The molecule has 2 aromatic carbocycles. The summed E-state index contributed by atoms with van der Waals surface area (Å²) in [5.74, 6) is -1.17. The van der Waals surface area contributed by atoms with Crippen molar-refractivity contribution in [3.8, 4) is 0 Å². The zero-order valence-electron chi connectivity index (χ0n) is 18.1. The fourth-order valence-corrected chi connectivity index (χ4v) is 4.51. The van der Waals surface area contributed by atoms with Crippen LogP contribution in [0.5, 0.6) is 0 Å². The van der Waals surface area contributed by atoms with Crippen LogP contribution < -0.4 is 10.2 Å². The first-order valence-electron chi connectivity index (χ1n) is 10.5. The van der Waals surface area contributed by atoms with Crippen molar-refractivity contribution < 1.29 is 17.6 Å². The Hall–Kier alpha value is -2.67. The number of anilines is 1. The van der Waals surface area contributed by atoms with Crippen molar-refractivity contribution in [2.24, 2.45) is 0 Å². The van der Waals surface area contributed by atoms with Crippen molar-refractivity contribution in [1.82, 2.24) is 5.32 Å². The molecule has 0 unspecified atom stereocenters. The number of rotatable bonds is 6. The Labute approximate surface area is 183 Å². The lowest BCUT2D eigenvalue weighted by atomic mass is 9.91. The topological polar surface area (TPSA) is 66.5 Å². The number of piperidine rings is 1. The van der Waals surface area contributed by atoms with E-state index in [1.807, 2.05) is 12.1 Å². The maximum absolute atomic E-state index is 14.9. The molecule has 7 heteroatoms. The summed E-state index contributed by atoms with van der Waals surface area (Å²) in [7, 11) is -3.29. The number of carbonyl (C=O) groups is 1. The van der Waals surface area contributed by atoms with E-state index in [2.05, 4.69) is 29.3 Å². The minimum Gasteiger partial charge on any atom is -0.364 e. The van der Waals surface area contributed by atoms with E-state index >= 15 is 0 Å². The number of hydrogen-bond donors (Lipinski definition) is 1. The van der Waals surface area contributed by atoms with E-state index in [1.54, 1.807) is 13.0 Å². The molecule has 1 saturated heterocycles. The van der Waals surface area contributed by atoms with E-state index in [-0.39, 0.29) is 11.6 Å². The highest BCUT2D eigenvalue weighted by molar-refractivity contribution is 7.93. The third-order valence-electron chi connectivity index (χ3n) is 5.55. The van der Waals surface area contributed by atoms with Crippen LogP contribution in [0, 0.1) is 12.7 Å². The van der Waals surface area contributed by atoms with E-state index in [1.165, 1.54) is 29.3 Å². The van der Waals surface area contributed by atoms with Crippen molar-refractivity contribution >= 4 is 21.4 Å². The van der Waals surface area contributed by atoms with Crippen molar-refractivity contribution in [3.05, 3.63) is 76.5 Å². The van der Waals surface area contributed by atoms with Crippen molar-refractivity contribution in [3.63, 3.8) is 0 Å². The number of carbonyl (C=O) groups excluding carboxylic acids is 1. The number of benzene rings is 2. The van der Waals surface area contributed by atoms with Crippen LogP contribution in [0.2, 0.25) is 0 Å². The Morgan fingerprint density at radius 3 is 2.65 bits per heavy atom. The molecule has 3 rings (SSSR count). The second-order valence-corrected chi connectivity index (χ2v) is 10.1. The van der Waals surface area contributed by atoms with Gasteiger partial charge in [0.05, 0.1) is 11.6 Å². The number of sulfone groups is 1. The standard InChI is InChI=1S/C24H29FN2O3S/c1-17-8-4-5-9-20(17)23-10-6-7-14-27(23)19-11-12-21(22(25)16-19)24(28)26-18(2)13-15-31(3,29)30/h4-5,8-9,11-13,15-16,18,23H,6-7,10,14H2,1-3H3,(H,26,28)/b15-13+/t18-,23-/m1/s1. The van der Waals surface area contributed by atoms with Gasteiger partial charge in [-0.15, -0.1) is 0 Å². The highest BCUT2D eigenvalue weighted by Gasteiger charge is 2.26. The molecule has 0 spiro atoms. The lowest BCUT2D eigenvalue weighted by Gasteiger charge is -2.38. The van der Waals surface area contributed by atoms with Crippen molar-refractivity contribution in [2.75, 3.05) is 17.7 Å². The quantitative estimate of drug-likeness (QED) is 0.710. The minimum absolute atomic E-state index is 0.0622. The fourth-order valence-electron chi connectivity index (χ4n) is 3.98. The van der Waals surface area contributed by atoms with E-state index < -0.39 is 27.6 Å². The second-order valence-electron chi connectivity index (χ2n) is 8.15. The average molecular weight is 445 g/mol. The van der Waals surface area contributed by atoms with Gasteiger partial charge in [-0.2, -0.15) is 0 Å². The van der Waals surface area contributed by atoms with Gasteiger partial charge in [-0.25, -0.2) is 12.8 Å². The summed E-state index contributed by atoms with van der Waals surface area (Å²) in [6.07, 6.45) is 5.59. The van der Waals surface area contributed by atoms with Gasteiger partial charge >= 0.3 is 0 Å². The fraction of sp³-hybridized carbons (Fsp3) is 0.375. The van der Waals surface area contributed by atoms with Gasteiger partial charge in [0.2, 0.25) is 0 Å². The highest BCUT2D eigenvalue weighted by Crippen LogP contribution is 2.36. The molecule has 0 aromatic heterocycles. The van der Waals surface area contributed by atoms with E-state index in [4.69, 9.17) is 0 Å². The van der Waals surface area contributed by atoms with E-state index in [9.17, 15) is 17.6 Å². The first-order chi connectivity index (χ1) is 14.7. The Morgan fingerprint density at radius 2 is 1.97 bits per heavy atom. The number of hydrogen-bond acceptors (Lipinski definition) is 4. The van der Waals surface area contributed by atoms with Gasteiger partial charge in [0.1, 0.15) is 5.82 Å². The molecule has 5 nitrogen and oxygen atoms in total. The first kappa shape index (κ1) is 23.0. The molecule has 1 aliphatic rings. The van der Waals surface area contributed by atoms with Gasteiger partial charge < -0.3 is 10.2 Å². The summed E-state index contributed by atoms with van der Waals surface area (Å²) in [4.78, 5) is 14.7. The molecule has 2 atom stereocenters. The van der Waals surface area contributed by atoms with Crippen LogP contribution in [0.3, 0.4) is 0 Å². The molecular formula is C24H29FN2O3S. The molecule has 166 valence electrons. The number of aryl methyl sites for hydroxylation is 1. The molecule has 0 saturated carbocycles. The molecule has 1 N–H and O–H groups in total. The first-order valence-corrected chi connectivity index (χ1v) is 12.4. The molecular weight excluding hydrogens is 415 g/mol. The summed E-state index contributed by atoms with van der Waals surface area (Å²) in [6, 6.07) is 12.6. The van der Waals surface area contributed by atoms with Crippen LogP contribution in [-0.4, -0.2) is 33.2 Å². The smallest absolute Gasteiger partial charge is 0.254 e. The van der Waals surface area contributed by atoms with Gasteiger partial charge in [-0.1, -0.05) is 30.3 Å². The van der Waals surface area contributed by atoms with Crippen LogP contribution in [-0.2, 0) is 9.84 Å². The highest BCUT2D eigenvalue weighted by atomic mass is 32.2. The zero-order chi connectivity index (χ0) is 22.6. The van der Waals surface area contributed by atoms with Gasteiger partial charge in [-0.3, -0.25) is 4.79 Å². The maximum atomic E-state index is 14.9. The van der Waals surface area contributed by atoms with Gasteiger partial charge in [0, 0.05) is 29.9 Å². The number of nitrogens with zero attached hydrogens (tertiary/aromatic N) is 1. The predicted molar refractivity (Wildman–Crippen MR) is 122 cm³/mol. The lowest BCUT2D eigenvalue weighted by molar-refractivity contribution is 0.0943. The molecule has 0 bridgehead atoms. The van der Waals surface area contributed by atoms with Gasteiger partial charge in [0.25, 0.3) is 5.91 Å². The summed E-state index contributed by atoms with van der Waals surface area (Å²) in [5, 5.41) is 3.63. The summed E-state index contributed by atoms with van der Waals surface area (Å²) < 4.78 is 37.3. The van der Waals surface area contributed by atoms with Crippen molar-refractivity contribution in [1.29, 1.82) is 0 Å².